The van der Waals surface area contributed by atoms with Crippen LogP contribution in [-0.4, -0.2) is 27.3 Å². The number of nitrogens with two attached hydrogens (primary N) is 1. The predicted octanol–water partition coefficient (Wildman–Crippen LogP) is 0.474. The maximum absolute atomic E-state index is 10.7. The van der Waals surface area contributed by atoms with Gasteiger partial charge in [-0.05, 0) is 17.7 Å². The van der Waals surface area contributed by atoms with Crippen LogP contribution in [0.2, 0.25) is 0 Å². The molecule has 0 fully saturated rings. The van der Waals surface area contributed by atoms with Gasteiger partial charge in [0.1, 0.15) is 11.8 Å². The van der Waals surface area contributed by atoms with Gasteiger partial charge in [0, 0.05) is 5.92 Å². The molecule has 1 aromatic rings. The predicted molar refractivity (Wildman–Crippen MR) is 57.8 cm³/mol. The fourth-order valence-corrected chi connectivity index (χ4v) is 1.40. The van der Waals surface area contributed by atoms with Crippen LogP contribution in [0.25, 0.3) is 0 Å². The zero-order valence-corrected chi connectivity index (χ0v) is 8.87. The van der Waals surface area contributed by atoms with Gasteiger partial charge in [-0.15, -0.1) is 0 Å². The van der Waals surface area contributed by atoms with Crippen LogP contribution in [0.5, 0.6) is 5.75 Å². The second-order valence-electron chi connectivity index (χ2n) is 3.76. The van der Waals surface area contributed by atoms with Crippen molar-refractivity contribution in [2.24, 2.45) is 11.7 Å². The van der Waals surface area contributed by atoms with E-state index in [0.717, 1.165) is 0 Å². The Morgan fingerprint density at radius 1 is 1.31 bits per heavy atom. The highest BCUT2D eigenvalue weighted by Gasteiger charge is 2.27. The first-order valence-corrected chi connectivity index (χ1v) is 4.89. The molecule has 0 saturated heterocycles. The van der Waals surface area contributed by atoms with Gasteiger partial charge >= 0.3 is 5.97 Å². The first-order chi connectivity index (χ1) is 7.43. The number of hydrogen-bond donors (Lipinski definition) is 4. The Kier molecular flexibility index (Phi) is 3.87. The third kappa shape index (κ3) is 2.71. The number of carboxylic acid groups (broad SMARTS) is 1. The van der Waals surface area contributed by atoms with Crippen LogP contribution in [0, 0.1) is 5.92 Å². The third-order valence-corrected chi connectivity index (χ3v) is 2.58. The highest BCUT2D eigenvalue weighted by atomic mass is 16.4. The van der Waals surface area contributed by atoms with Gasteiger partial charge in [-0.3, -0.25) is 4.79 Å². The standard InChI is InChI=1S/C11H15NO4/c1-6(9(12)11(15)16)10(14)7-2-4-8(13)5-3-7/h2-6,9-10,13-14H,12H2,1H3,(H,15,16)/t6-,9-,10-/m0/s1. The van der Waals surface area contributed by atoms with Crippen molar-refractivity contribution in [3.63, 3.8) is 0 Å². The first kappa shape index (κ1) is 12.5. The highest BCUT2D eigenvalue weighted by Crippen LogP contribution is 2.25. The van der Waals surface area contributed by atoms with Gasteiger partial charge in [0.05, 0.1) is 6.10 Å². The topological polar surface area (TPSA) is 104 Å². The van der Waals surface area contributed by atoms with Crippen molar-refractivity contribution in [1.29, 1.82) is 0 Å². The fraction of sp³-hybridized carbons (Fsp3) is 0.364. The minimum absolute atomic E-state index is 0.0890. The van der Waals surface area contributed by atoms with Gasteiger partial charge in [0.25, 0.3) is 0 Å². The van der Waals surface area contributed by atoms with Gasteiger partial charge in [0.15, 0.2) is 0 Å². The summed E-state index contributed by atoms with van der Waals surface area (Å²) in [6.45, 7) is 1.57. The smallest absolute Gasteiger partial charge is 0.320 e. The van der Waals surface area contributed by atoms with Crippen LogP contribution in [0.3, 0.4) is 0 Å². The molecule has 16 heavy (non-hydrogen) atoms. The summed E-state index contributed by atoms with van der Waals surface area (Å²) in [5.74, 6) is -1.67. The van der Waals surface area contributed by atoms with E-state index in [4.69, 9.17) is 15.9 Å². The van der Waals surface area contributed by atoms with E-state index < -0.39 is 24.0 Å². The second kappa shape index (κ2) is 4.96. The quantitative estimate of drug-likeness (QED) is 0.596. The van der Waals surface area contributed by atoms with E-state index in [1.54, 1.807) is 6.92 Å². The van der Waals surface area contributed by atoms with Crippen LogP contribution < -0.4 is 5.73 Å². The molecule has 0 amide bonds. The van der Waals surface area contributed by atoms with Gasteiger partial charge in [-0.2, -0.15) is 0 Å². The van der Waals surface area contributed by atoms with Crippen LogP contribution in [0.15, 0.2) is 24.3 Å². The number of aliphatic hydroxyl groups is 1. The van der Waals surface area contributed by atoms with Crippen molar-refractivity contribution in [1.82, 2.24) is 0 Å². The fourth-order valence-electron chi connectivity index (χ4n) is 1.40. The zero-order chi connectivity index (χ0) is 12.3. The number of carboxylic acids is 1. The molecule has 0 aliphatic heterocycles. The van der Waals surface area contributed by atoms with Crippen molar-refractivity contribution in [2.75, 3.05) is 0 Å². The molecule has 1 rings (SSSR count). The molecule has 5 heteroatoms. The number of hydrogen-bond acceptors (Lipinski definition) is 4. The Morgan fingerprint density at radius 2 is 1.81 bits per heavy atom. The molecule has 0 heterocycles. The number of phenols is 1. The van der Waals surface area contributed by atoms with E-state index >= 15 is 0 Å². The van der Waals surface area contributed by atoms with E-state index in [2.05, 4.69) is 0 Å². The summed E-state index contributed by atoms with van der Waals surface area (Å²) in [5.41, 5.74) is 5.95. The lowest BCUT2D eigenvalue weighted by Crippen LogP contribution is -2.39. The van der Waals surface area contributed by atoms with Crippen molar-refractivity contribution in [2.45, 2.75) is 19.1 Å². The molecular weight excluding hydrogens is 210 g/mol. The molecule has 1 aromatic carbocycles. The minimum atomic E-state index is -1.15. The molecule has 0 aliphatic carbocycles. The molecule has 0 radical (unpaired) electrons. The zero-order valence-electron chi connectivity index (χ0n) is 8.87. The SMILES string of the molecule is C[C@@H]([C@H](N)C(=O)O)[C@H](O)c1ccc(O)cc1. The number of aliphatic hydroxyl groups excluding tert-OH is 1. The Balaban J connectivity index is 2.81. The summed E-state index contributed by atoms with van der Waals surface area (Å²) in [6, 6.07) is 4.80. The Hall–Kier alpha value is -1.59. The van der Waals surface area contributed by atoms with Crippen molar-refractivity contribution >= 4 is 5.97 Å². The van der Waals surface area contributed by atoms with Crippen LogP contribution in [0.4, 0.5) is 0 Å². The van der Waals surface area contributed by atoms with E-state index in [-0.39, 0.29) is 5.75 Å². The third-order valence-electron chi connectivity index (χ3n) is 2.58. The molecule has 0 spiro atoms. The molecular formula is C11H15NO4. The summed E-state index contributed by atoms with van der Waals surface area (Å²) in [7, 11) is 0. The van der Waals surface area contributed by atoms with E-state index in [9.17, 15) is 9.90 Å². The molecule has 3 atom stereocenters. The summed E-state index contributed by atoms with van der Waals surface area (Å²) < 4.78 is 0. The van der Waals surface area contributed by atoms with E-state index in [0.29, 0.717) is 5.56 Å². The summed E-state index contributed by atoms with van der Waals surface area (Å²) in [6.07, 6.45) is -0.966. The van der Waals surface area contributed by atoms with Crippen LogP contribution in [-0.2, 0) is 4.79 Å². The average Bonchev–Trinajstić information content (AvgIpc) is 2.27. The summed E-state index contributed by atoms with van der Waals surface area (Å²) in [5, 5.41) is 27.7. The maximum Gasteiger partial charge on any atom is 0.320 e. The average molecular weight is 225 g/mol. The summed E-state index contributed by atoms with van der Waals surface area (Å²) in [4.78, 5) is 10.7. The largest absolute Gasteiger partial charge is 0.508 e. The normalized spacial score (nSPS) is 16.4. The number of rotatable bonds is 4. The summed E-state index contributed by atoms with van der Waals surface area (Å²) >= 11 is 0. The van der Waals surface area contributed by atoms with Crippen LogP contribution >= 0.6 is 0 Å². The molecule has 0 saturated carbocycles. The molecule has 88 valence electrons. The molecule has 0 aliphatic rings. The van der Waals surface area contributed by atoms with Gasteiger partial charge < -0.3 is 21.1 Å². The van der Waals surface area contributed by atoms with Gasteiger partial charge in [0.2, 0.25) is 0 Å². The van der Waals surface area contributed by atoms with E-state index in [1.807, 2.05) is 0 Å². The lowest BCUT2D eigenvalue weighted by atomic mass is 9.91. The lowest BCUT2D eigenvalue weighted by Gasteiger charge is -2.22. The Labute approximate surface area is 93.1 Å². The highest BCUT2D eigenvalue weighted by molar-refractivity contribution is 5.73. The number of aromatic hydroxyl groups is 1. The molecule has 5 N–H and O–H groups in total. The monoisotopic (exact) mass is 225 g/mol. The maximum atomic E-state index is 10.7. The van der Waals surface area contributed by atoms with Crippen molar-refractivity contribution < 1.29 is 20.1 Å². The Bertz CT molecular complexity index is 363. The lowest BCUT2D eigenvalue weighted by molar-refractivity contribution is -0.140. The second-order valence-corrected chi connectivity index (χ2v) is 3.76. The number of phenolic OH excluding ortho intramolecular Hbond substituents is 1. The molecule has 0 aromatic heterocycles. The number of benzene rings is 1. The van der Waals surface area contributed by atoms with Crippen molar-refractivity contribution in [3.8, 4) is 5.75 Å². The van der Waals surface area contributed by atoms with Crippen LogP contribution in [0.1, 0.15) is 18.6 Å². The number of aliphatic carboxylic acids is 1. The van der Waals surface area contributed by atoms with Crippen molar-refractivity contribution in [3.05, 3.63) is 29.8 Å². The van der Waals surface area contributed by atoms with Gasteiger partial charge in [-0.1, -0.05) is 19.1 Å². The van der Waals surface area contributed by atoms with E-state index in [1.165, 1.54) is 24.3 Å². The molecule has 5 nitrogen and oxygen atoms in total. The minimum Gasteiger partial charge on any atom is -0.508 e. The first-order valence-electron chi connectivity index (χ1n) is 4.89. The Morgan fingerprint density at radius 3 is 2.25 bits per heavy atom. The van der Waals surface area contributed by atoms with Gasteiger partial charge in [-0.25, -0.2) is 0 Å². The molecule has 0 unspecified atom stereocenters. The number of carbonyl (C=O) groups is 1. The molecule has 0 bridgehead atoms.